The highest BCUT2D eigenvalue weighted by Crippen LogP contribution is 2.09. The predicted molar refractivity (Wildman–Crippen MR) is 68.0 cm³/mol. The second-order valence-electron chi connectivity index (χ2n) is 5.21. The van der Waals surface area contributed by atoms with E-state index in [1.807, 2.05) is 20.8 Å². The second kappa shape index (κ2) is 5.16. The van der Waals surface area contributed by atoms with E-state index in [0.29, 0.717) is 18.8 Å². The zero-order valence-electron chi connectivity index (χ0n) is 11.0. The molecule has 1 aliphatic heterocycles. The normalized spacial score (nSPS) is 16.7. The largest absolute Gasteiger partial charge is 0.512 e. The number of rotatable bonds is 1. The molecule has 1 fully saturated rings. The number of hydrogen-bond acceptors (Lipinski definition) is 4. The van der Waals surface area contributed by atoms with Crippen molar-refractivity contribution in [1.29, 1.82) is 0 Å². The molecular weight excluding hydrogens is 233 g/mol. The first-order valence-electron chi connectivity index (χ1n) is 6.11. The standard InChI is InChI=1S/C12H18BNO4/c1-12(2,3)18-11(15)14-7-4-6-10(14)13-16-8-5-9-17-13/h4,6-7H,5,8-9H2,1-3H3. The molecule has 1 aromatic rings. The van der Waals surface area contributed by atoms with E-state index in [4.69, 9.17) is 14.0 Å². The molecule has 0 bridgehead atoms. The Morgan fingerprint density at radius 2 is 2.06 bits per heavy atom. The van der Waals surface area contributed by atoms with Gasteiger partial charge < -0.3 is 14.0 Å². The van der Waals surface area contributed by atoms with Crippen molar-refractivity contribution in [2.75, 3.05) is 13.2 Å². The molecule has 1 aromatic heterocycles. The van der Waals surface area contributed by atoms with Crippen LogP contribution in [0.15, 0.2) is 18.3 Å². The Bertz CT molecular complexity index is 418. The zero-order valence-corrected chi connectivity index (χ0v) is 11.0. The van der Waals surface area contributed by atoms with Crippen LogP contribution in [0.4, 0.5) is 4.79 Å². The molecule has 0 aliphatic carbocycles. The highest BCUT2D eigenvalue weighted by atomic mass is 16.6. The molecule has 0 unspecified atom stereocenters. The van der Waals surface area contributed by atoms with E-state index in [0.717, 1.165) is 6.42 Å². The molecule has 98 valence electrons. The lowest BCUT2D eigenvalue weighted by atomic mass is 9.83. The van der Waals surface area contributed by atoms with Gasteiger partial charge in [-0.25, -0.2) is 4.79 Å². The van der Waals surface area contributed by atoms with Crippen LogP contribution in [0.1, 0.15) is 27.2 Å². The smallest absolute Gasteiger partial charge is 0.443 e. The van der Waals surface area contributed by atoms with Gasteiger partial charge in [-0.15, -0.1) is 0 Å². The molecule has 5 nitrogen and oxygen atoms in total. The van der Waals surface area contributed by atoms with Crippen LogP contribution < -0.4 is 5.59 Å². The minimum absolute atomic E-state index is 0.416. The molecule has 0 atom stereocenters. The first-order chi connectivity index (χ1) is 8.47. The van der Waals surface area contributed by atoms with Gasteiger partial charge >= 0.3 is 13.2 Å². The molecule has 0 spiro atoms. The van der Waals surface area contributed by atoms with Crippen molar-refractivity contribution in [1.82, 2.24) is 4.57 Å². The van der Waals surface area contributed by atoms with Gasteiger partial charge in [-0.2, -0.15) is 0 Å². The van der Waals surface area contributed by atoms with Crippen molar-refractivity contribution in [2.24, 2.45) is 0 Å². The number of carbonyl (C=O) groups is 1. The van der Waals surface area contributed by atoms with Crippen LogP contribution in [0, 0.1) is 0 Å². The van der Waals surface area contributed by atoms with Crippen LogP contribution >= 0.6 is 0 Å². The predicted octanol–water partition coefficient (Wildman–Crippen LogP) is 1.40. The average Bonchev–Trinajstić information content (AvgIpc) is 2.76. The van der Waals surface area contributed by atoms with Gasteiger partial charge in [-0.1, -0.05) is 0 Å². The molecule has 2 heterocycles. The van der Waals surface area contributed by atoms with Gasteiger partial charge in [0.25, 0.3) is 0 Å². The number of carbonyl (C=O) groups excluding carboxylic acids is 1. The highest BCUT2D eigenvalue weighted by Gasteiger charge is 2.30. The first kappa shape index (κ1) is 13.2. The van der Waals surface area contributed by atoms with Gasteiger partial charge in [0.05, 0.1) is 5.59 Å². The van der Waals surface area contributed by atoms with Crippen LogP contribution in [0.3, 0.4) is 0 Å². The summed E-state index contributed by atoms with van der Waals surface area (Å²) in [5, 5.41) is 0. The van der Waals surface area contributed by atoms with Crippen LogP contribution in [0.25, 0.3) is 0 Å². The Kier molecular flexibility index (Phi) is 3.78. The molecule has 18 heavy (non-hydrogen) atoms. The topological polar surface area (TPSA) is 49.7 Å². The van der Waals surface area contributed by atoms with Crippen molar-refractivity contribution in [3.63, 3.8) is 0 Å². The number of aromatic nitrogens is 1. The van der Waals surface area contributed by atoms with Gasteiger partial charge in [0.2, 0.25) is 0 Å². The van der Waals surface area contributed by atoms with E-state index < -0.39 is 18.8 Å². The first-order valence-corrected chi connectivity index (χ1v) is 6.11. The Morgan fingerprint density at radius 3 is 2.67 bits per heavy atom. The lowest BCUT2D eigenvalue weighted by Crippen LogP contribution is -2.46. The molecule has 0 N–H and O–H groups in total. The van der Waals surface area contributed by atoms with Gasteiger partial charge in [0.15, 0.2) is 0 Å². The summed E-state index contributed by atoms with van der Waals surface area (Å²) < 4.78 is 17.7. The number of ether oxygens (including phenoxy) is 1. The molecule has 6 heteroatoms. The molecule has 0 aromatic carbocycles. The maximum atomic E-state index is 12.0. The molecule has 1 saturated heterocycles. The van der Waals surface area contributed by atoms with Gasteiger partial charge in [0.1, 0.15) is 5.60 Å². The van der Waals surface area contributed by atoms with Gasteiger partial charge in [-0.3, -0.25) is 4.57 Å². The van der Waals surface area contributed by atoms with E-state index in [-0.39, 0.29) is 0 Å². The third kappa shape index (κ3) is 3.14. The fourth-order valence-electron chi connectivity index (χ4n) is 1.72. The van der Waals surface area contributed by atoms with Crippen molar-refractivity contribution >= 4 is 18.8 Å². The summed E-state index contributed by atoms with van der Waals surface area (Å²) in [4.78, 5) is 12.0. The Labute approximate surface area is 107 Å². The third-order valence-electron chi connectivity index (χ3n) is 2.44. The number of hydrogen-bond donors (Lipinski definition) is 0. The van der Waals surface area contributed by atoms with E-state index >= 15 is 0 Å². The fraction of sp³-hybridized carbons (Fsp3) is 0.583. The Morgan fingerprint density at radius 1 is 1.39 bits per heavy atom. The van der Waals surface area contributed by atoms with Crippen molar-refractivity contribution in [3.8, 4) is 0 Å². The average molecular weight is 251 g/mol. The zero-order chi connectivity index (χ0) is 13.2. The molecule has 2 rings (SSSR count). The van der Waals surface area contributed by atoms with E-state index in [1.165, 1.54) is 4.57 Å². The van der Waals surface area contributed by atoms with Crippen molar-refractivity contribution in [2.45, 2.75) is 32.8 Å². The maximum absolute atomic E-state index is 12.0. The third-order valence-corrected chi connectivity index (χ3v) is 2.44. The summed E-state index contributed by atoms with van der Waals surface area (Å²) >= 11 is 0. The second-order valence-corrected chi connectivity index (χ2v) is 5.21. The van der Waals surface area contributed by atoms with Crippen LogP contribution in [0.2, 0.25) is 0 Å². The SMILES string of the molecule is CC(C)(C)OC(=O)n1cccc1B1OCCCO1. The summed E-state index contributed by atoms with van der Waals surface area (Å²) in [6.07, 6.45) is 2.12. The minimum atomic E-state index is -0.521. The van der Waals surface area contributed by atoms with Gasteiger partial charge in [0, 0.05) is 19.4 Å². The van der Waals surface area contributed by atoms with E-state index in [9.17, 15) is 4.79 Å². The molecule has 0 saturated carbocycles. The maximum Gasteiger partial charge on any atom is 0.512 e. The Balaban J connectivity index is 2.14. The molecular formula is C12H18BNO4. The minimum Gasteiger partial charge on any atom is -0.443 e. The lowest BCUT2D eigenvalue weighted by Gasteiger charge is -2.23. The van der Waals surface area contributed by atoms with Crippen LogP contribution in [0.5, 0.6) is 0 Å². The molecule has 0 radical (unpaired) electrons. The van der Waals surface area contributed by atoms with E-state index in [2.05, 4.69) is 0 Å². The fourth-order valence-corrected chi connectivity index (χ4v) is 1.72. The summed E-state index contributed by atoms with van der Waals surface area (Å²) in [5.41, 5.74) is 0.149. The molecule has 0 amide bonds. The van der Waals surface area contributed by atoms with Crippen LogP contribution in [-0.2, 0) is 14.0 Å². The Hall–Kier alpha value is -1.27. The van der Waals surface area contributed by atoms with Gasteiger partial charge in [-0.05, 0) is 39.3 Å². The van der Waals surface area contributed by atoms with E-state index in [1.54, 1.807) is 18.3 Å². The van der Waals surface area contributed by atoms with Crippen LogP contribution in [-0.4, -0.2) is 36.6 Å². The monoisotopic (exact) mass is 251 g/mol. The number of nitrogens with zero attached hydrogens (tertiary/aromatic N) is 1. The lowest BCUT2D eigenvalue weighted by molar-refractivity contribution is 0.0538. The summed E-state index contributed by atoms with van der Waals surface area (Å²) in [7, 11) is -0.485. The summed E-state index contributed by atoms with van der Waals surface area (Å²) in [6.45, 7) is 6.79. The molecule has 1 aliphatic rings. The highest BCUT2D eigenvalue weighted by molar-refractivity contribution is 6.61. The van der Waals surface area contributed by atoms with Crippen molar-refractivity contribution in [3.05, 3.63) is 18.3 Å². The summed E-state index contributed by atoms with van der Waals surface area (Å²) in [6, 6.07) is 3.58. The van der Waals surface area contributed by atoms with Crippen molar-refractivity contribution < 1.29 is 18.8 Å². The summed E-state index contributed by atoms with van der Waals surface area (Å²) in [5.74, 6) is 0. The quantitative estimate of drug-likeness (QED) is 0.708.